The summed E-state index contributed by atoms with van der Waals surface area (Å²) in [6, 6.07) is 9.18. The summed E-state index contributed by atoms with van der Waals surface area (Å²) in [6.45, 7) is 1.35. The molecule has 0 spiro atoms. The first-order valence-electron chi connectivity index (χ1n) is 5.90. The van der Waals surface area contributed by atoms with Gasteiger partial charge in [0.2, 0.25) is 0 Å². The number of anilines is 1. The maximum Gasteiger partial charge on any atom is 0.256 e. The highest BCUT2D eigenvalue weighted by Gasteiger charge is 2.30. The average molecular weight is 245 g/mol. The number of morpholine rings is 1. The molecule has 1 unspecified atom stereocenters. The first kappa shape index (κ1) is 12.6. The van der Waals surface area contributed by atoms with E-state index in [1.807, 2.05) is 6.07 Å². The summed E-state index contributed by atoms with van der Waals surface area (Å²) in [5.74, 6) is -0.116. The van der Waals surface area contributed by atoms with Crippen LogP contribution in [-0.2, 0) is 9.53 Å². The molecule has 1 heterocycles. The zero-order valence-corrected chi connectivity index (χ0v) is 10.0. The van der Waals surface area contributed by atoms with Crippen LogP contribution in [0.3, 0.4) is 0 Å². The predicted molar refractivity (Wildman–Crippen MR) is 66.9 cm³/mol. The van der Waals surface area contributed by atoms with E-state index in [1.165, 1.54) is 0 Å². The second kappa shape index (κ2) is 5.63. The Kier molecular flexibility index (Phi) is 3.92. The second-order valence-corrected chi connectivity index (χ2v) is 4.06. The maximum absolute atomic E-state index is 12.2. The lowest BCUT2D eigenvalue weighted by Gasteiger charge is -2.32. The minimum atomic E-state index is -0.490. The molecule has 0 aromatic heterocycles. The normalized spacial score (nSPS) is 19.7. The van der Waals surface area contributed by atoms with Gasteiger partial charge in [0.25, 0.3) is 5.91 Å². The second-order valence-electron chi connectivity index (χ2n) is 4.06. The largest absolute Gasteiger partial charge is 0.366 e. The average Bonchev–Trinajstić information content (AvgIpc) is 2.41. The fourth-order valence-corrected chi connectivity index (χ4v) is 2.04. The molecule has 0 aliphatic carbocycles. The molecule has 18 heavy (non-hydrogen) atoms. The number of carbonyl (C=O) groups is 1. The summed E-state index contributed by atoms with van der Waals surface area (Å²) in [7, 11) is 0. The SMILES string of the molecule is N#Cc1ccccc1N1CCOC(CCN)C1=O. The molecule has 0 bridgehead atoms. The number of rotatable bonds is 3. The van der Waals surface area contributed by atoms with Gasteiger partial charge in [-0.3, -0.25) is 4.79 Å². The smallest absolute Gasteiger partial charge is 0.256 e. The number of benzene rings is 1. The fourth-order valence-electron chi connectivity index (χ4n) is 2.04. The van der Waals surface area contributed by atoms with Gasteiger partial charge in [-0.1, -0.05) is 12.1 Å². The number of nitriles is 1. The van der Waals surface area contributed by atoms with E-state index in [4.69, 9.17) is 15.7 Å². The molecule has 2 N–H and O–H groups in total. The van der Waals surface area contributed by atoms with E-state index in [9.17, 15) is 4.79 Å². The molecule has 1 aliphatic rings. The number of ether oxygens (including phenoxy) is 1. The van der Waals surface area contributed by atoms with E-state index in [1.54, 1.807) is 23.1 Å². The third-order valence-corrected chi connectivity index (χ3v) is 2.92. The predicted octanol–water partition coefficient (Wildman–Crippen LogP) is 0.639. The Hall–Kier alpha value is -1.90. The molecule has 94 valence electrons. The third kappa shape index (κ3) is 2.35. The van der Waals surface area contributed by atoms with Gasteiger partial charge < -0.3 is 15.4 Å². The van der Waals surface area contributed by atoms with Crippen molar-refractivity contribution in [2.24, 2.45) is 5.73 Å². The molecule has 5 heteroatoms. The number of carbonyl (C=O) groups excluding carboxylic acids is 1. The van der Waals surface area contributed by atoms with Crippen molar-refractivity contribution < 1.29 is 9.53 Å². The van der Waals surface area contributed by atoms with Crippen molar-refractivity contribution in [2.75, 3.05) is 24.6 Å². The molecule has 0 radical (unpaired) electrons. The van der Waals surface area contributed by atoms with Crippen LogP contribution >= 0.6 is 0 Å². The molecule has 1 saturated heterocycles. The Labute approximate surface area is 106 Å². The molecule has 5 nitrogen and oxygen atoms in total. The van der Waals surface area contributed by atoms with Gasteiger partial charge in [-0.15, -0.1) is 0 Å². The maximum atomic E-state index is 12.2. The van der Waals surface area contributed by atoms with Crippen molar-refractivity contribution in [2.45, 2.75) is 12.5 Å². The Morgan fingerprint density at radius 3 is 3.00 bits per heavy atom. The first-order chi connectivity index (χ1) is 8.77. The summed E-state index contributed by atoms with van der Waals surface area (Å²) in [4.78, 5) is 13.8. The number of hydrogen-bond acceptors (Lipinski definition) is 4. The molecule has 1 aromatic rings. The molecular weight excluding hydrogens is 230 g/mol. The van der Waals surface area contributed by atoms with Gasteiger partial charge in [-0.05, 0) is 25.1 Å². The number of amides is 1. The highest BCUT2D eigenvalue weighted by atomic mass is 16.5. The molecule has 2 rings (SSSR count). The topological polar surface area (TPSA) is 79.3 Å². The van der Waals surface area contributed by atoms with Crippen LogP contribution in [-0.4, -0.2) is 31.7 Å². The van der Waals surface area contributed by atoms with Crippen LogP contribution in [0, 0.1) is 11.3 Å². The van der Waals surface area contributed by atoms with Gasteiger partial charge in [0.15, 0.2) is 0 Å². The van der Waals surface area contributed by atoms with Gasteiger partial charge in [-0.2, -0.15) is 5.26 Å². The highest BCUT2D eigenvalue weighted by Crippen LogP contribution is 2.23. The van der Waals surface area contributed by atoms with Crippen LogP contribution in [0.1, 0.15) is 12.0 Å². The van der Waals surface area contributed by atoms with E-state index in [0.29, 0.717) is 37.4 Å². The van der Waals surface area contributed by atoms with E-state index in [2.05, 4.69) is 6.07 Å². The molecule has 1 atom stereocenters. The first-order valence-corrected chi connectivity index (χ1v) is 5.90. The Morgan fingerprint density at radius 1 is 1.50 bits per heavy atom. The summed E-state index contributed by atoms with van der Waals surface area (Å²) >= 11 is 0. The van der Waals surface area contributed by atoms with Crippen LogP contribution in [0.4, 0.5) is 5.69 Å². The van der Waals surface area contributed by atoms with Crippen molar-refractivity contribution in [1.29, 1.82) is 5.26 Å². The van der Waals surface area contributed by atoms with Gasteiger partial charge in [0.1, 0.15) is 12.2 Å². The number of para-hydroxylation sites is 1. The Morgan fingerprint density at radius 2 is 2.28 bits per heavy atom. The lowest BCUT2D eigenvalue weighted by atomic mass is 10.1. The van der Waals surface area contributed by atoms with Crippen molar-refractivity contribution >= 4 is 11.6 Å². The number of hydrogen-bond donors (Lipinski definition) is 1. The monoisotopic (exact) mass is 245 g/mol. The van der Waals surface area contributed by atoms with Crippen molar-refractivity contribution in [1.82, 2.24) is 0 Å². The number of nitrogens with zero attached hydrogens (tertiary/aromatic N) is 2. The minimum absolute atomic E-state index is 0.116. The van der Waals surface area contributed by atoms with Crippen LogP contribution in [0.15, 0.2) is 24.3 Å². The van der Waals surface area contributed by atoms with Crippen LogP contribution in [0.2, 0.25) is 0 Å². The van der Waals surface area contributed by atoms with E-state index < -0.39 is 6.10 Å². The Bertz CT molecular complexity index is 479. The van der Waals surface area contributed by atoms with Crippen molar-refractivity contribution in [3.63, 3.8) is 0 Å². The zero-order valence-electron chi connectivity index (χ0n) is 10.0. The van der Waals surface area contributed by atoms with Gasteiger partial charge in [-0.25, -0.2) is 0 Å². The third-order valence-electron chi connectivity index (χ3n) is 2.92. The molecule has 1 amide bonds. The lowest BCUT2D eigenvalue weighted by Crippen LogP contribution is -2.48. The van der Waals surface area contributed by atoms with Crippen LogP contribution in [0.25, 0.3) is 0 Å². The van der Waals surface area contributed by atoms with Crippen LogP contribution < -0.4 is 10.6 Å². The van der Waals surface area contributed by atoms with Gasteiger partial charge >= 0.3 is 0 Å². The summed E-state index contributed by atoms with van der Waals surface area (Å²) in [5.41, 5.74) is 6.61. The zero-order chi connectivity index (χ0) is 13.0. The van der Waals surface area contributed by atoms with Crippen molar-refractivity contribution in [3.05, 3.63) is 29.8 Å². The molecule has 0 saturated carbocycles. The van der Waals surface area contributed by atoms with E-state index in [0.717, 1.165) is 0 Å². The lowest BCUT2D eigenvalue weighted by molar-refractivity contribution is -0.134. The molecular formula is C13H15N3O2. The minimum Gasteiger partial charge on any atom is -0.366 e. The molecule has 1 aromatic carbocycles. The standard InChI is InChI=1S/C13H15N3O2/c14-6-5-12-13(17)16(7-8-18-12)11-4-2-1-3-10(11)9-15/h1-4,12H,5-8,14H2. The van der Waals surface area contributed by atoms with E-state index in [-0.39, 0.29) is 5.91 Å². The van der Waals surface area contributed by atoms with E-state index >= 15 is 0 Å². The summed E-state index contributed by atoms with van der Waals surface area (Å²) in [5, 5.41) is 9.07. The summed E-state index contributed by atoms with van der Waals surface area (Å²) in [6.07, 6.45) is 0.0137. The van der Waals surface area contributed by atoms with Gasteiger partial charge in [0, 0.05) is 6.54 Å². The molecule has 1 fully saturated rings. The van der Waals surface area contributed by atoms with Crippen LogP contribution in [0.5, 0.6) is 0 Å². The Balaban J connectivity index is 2.27. The molecule has 1 aliphatic heterocycles. The fraction of sp³-hybridized carbons (Fsp3) is 0.385. The highest BCUT2D eigenvalue weighted by molar-refractivity contribution is 5.98. The summed E-state index contributed by atoms with van der Waals surface area (Å²) < 4.78 is 5.40. The number of nitrogens with two attached hydrogens (primary N) is 1. The quantitative estimate of drug-likeness (QED) is 0.847. The van der Waals surface area contributed by atoms with Crippen molar-refractivity contribution in [3.8, 4) is 6.07 Å². The van der Waals surface area contributed by atoms with Gasteiger partial charge in [0.05, 0.1) is 17.9 Å².